The topological polar surface area (TPSA) is 83.8 Å². The number of pyridine rings is 1. The first-order chi connectivity index (χ1) is 9.24. The number of aromatic nitrogens is 1. The van der Waals surface area contributed by atoms with Gasteiger partial charge < -0.3 is 15.3 Å². The largest absolute Gasteiger partial charge is 0.465 e. The van der Waals surface area contributed by atoms with E-state index in [2.05, 4.69) is 15.5 Å². The number of hydrogen-bond donors (Lipinski definition) is 2. The lowest BCUT2D eigenvalue weighted by Crippen LogP contribution is -2.37. The minimum Gasteiger partial charge on any atom is -0.465 e. The highest BCUT2D eigenvalue weighted by Gasteiger charge is 2.23. The van der Waals surface area contributed by atoms with E-state index in [1.807, 2.05) is 12.1 Å². The van der Waals surface area contributed by atoms with Crippen LogP contribution in [0, 0.1) is 0 Å². The summed E-state index contributed by atoms with van der Waals surface area (Å²) in [7, 11) is 0. The van der Waals surface area contributed by atoms with E-state index in [0.29, 0.717) is 0 Å². The zero-order valence-electron chi connectivity index (χ0n) is 10.5. The molecule has 1 heterocycles. The van der Waals surface area contributed by atoms with Crippen molar-refractivity contribution in [3.8, 4) is 0 Å². The fraction of sp³-hybridized carbons (Fsp3) is 0.462. The molecule has 1 aliphatic carbocycles. The van der Waals surface area contributed by atoms with Crippen LogP contribution in [0.3, 0.4) is 0 Å². The van der Waals surface area contributed by atoms with E-state index in [9.17, 15) is 4.79 Å². The fourth-order valence-corrected chi connectivity index (χ4v) is 2.12. The molecule has 0 aliphatic heterocycles. The Bertz CT molecular complexity index is 428. The molecule has 1 aliphatic rings. The molecule has 0 unspecified atom stereocenters. The van der Waals surface area contributed by atoms with E-state index in [-0.39, 0.29) is 12.1 Å². The molecule has 6 heteroatoms. The minimum absolute atomic E-state index is 0.0413. The number of rotatable bonds is 4. The molecule has 1 aromatic rings. The van der Waals surface area contributed by atoms with Crippen molar-refractivity contribution < 1.29 is 14.7 Å². The van der Waals surface area contributed by atoms with Crippen molar-refractivity contribution in [3.05, 3.63) is 30.1 Å². The van der Waals surface area contributed by atoms with Gasteiger partial charge >= 0.3 is 6.09 Å². The molecule has 2 rings (SSSR count). The Kier molecular flexibility index (Phi) is 4.72. The number of amides is 1. The van der Waals surface area contributed by atoms with Gasteiger partial charge in [-0.15, -0.1) is 0 Å². The normalized spacial score (nSPS) is 23.2. The molecular formula is C13H17N3O3. The smallest absolute Gasteiger partial charge is 0.404 e. The Morgan fingerprint density at radius 2 is 2.26 bits per heavy atom. The summed E-state index contributed by atoms with van der Waals surface area (Å²) < 4.78 is 0. The third-order valence-electron chi connectivity index (χ3n) is 3.10. The third-order valence-corrected chi connectivity index (χ3v) is 3.10. The van der Waals surface area contributed by atoms with Crippen molar-refractivity contribution in [1.29, 1.82) is 0 Å². The van der Waals surface area contributed by atoms with Gasteiger partial charge in [-0.2, -0.15) is 0 Å². The summed E-state index contributed by atoms with van der Waals surface area (Å²) in [6, 6.07) is 3.78. The van der Waals surface area contributed by atoms with Gasteiger partial charge in [0, 0.05) is 24.0 Å². The summed E-state index contributed by atoms with van der Waals surface area (Å²) in [6.45, 7) is 0. The summed E-state index contributed by atoms with van der Waals surface area (Å²) in [5.41, 5.74) is 0.892. The second-order valence-corrected chi connectivity index (χ2v) is 4.55. The van der Waals surface area contributed by atoms with Crippen LogP contribution in [0.4, 0.5) is 4.79 Å². The number of carbonyl (C=O) groups is 1. The third kappa shape index (κ3) is 4.57. The van der Waals surface area contributed by atoms with Crippen LogP contribution in [0.25, 0.3) is 0 Å². The van der Waals surface area contributed by atoms with Crippen molar-refractivity contribution in [1.82, 2.24) is 10.3 Å². The first kappa shape index (κ1) is 13.3. The molecule has 102 valence electrons. The molecule has 1 saturated carbocycles. The standard InChI is InChI=1S/C13H17N3O3/c17-13(18)16-11-3-5-12(6-4-11)19-15-9-10-2-1-7-14-8-10/h1-2,7-9,11-12,16H,3-6H2,(H,17,18)/t11-,12-. The zero-order valence-corrected chi connectivity index (χ0v) is 10.5. The first-order valence-corrected chi connectivity index (χ1v) is 6.32. The molecule has 1 aromatic heterocycles. The minimum atomic E-state index is -0.959. The average Bonchev–Trinajstić information content (AvgIpc) is 2.41. The Morgan fingerprint density at radius 3 is 2.89 bits per heavy atom. The number of oxime groups is 1. The second-order valence-electron chi connectivity index (χ2n) is 4.55. The maximum absolute atomic E-state index is 10.5. The van der Waals surface area contributed by atoms with Crippen LogP contribution >= 0.6 is 0 Å². The van der Waals surface area contributed by atoms with Gasteiger partial charge in [0.1, 0.15) is 6.10 Å². The summed E-state index contributed by atoms with van der Waals surface area (Å²) in [4.78, 5) is 19.9. The quantitative estimate of drug-likeness (QED) is 0.643. The maximum atomic E-state index is 10.5. The number of nitrogens with zero attached hydrogens (tertiary/aromatic N) is 2. The first-order valence-electron chi connectivity index (χ1n) is 6.32. The van der Waals surface area contributed by atoms with Gasteiger partial charge in [-0.25, -0.2) is 4.79 Å². The van der Waals surface area contributed by atoms with Crippen LogP contribution in [0.2, 0.25) is 0 Å². The van der Waals surface area contributed by atoms with Crippen LogP contribution in [-0.4, -0.2) is 34.5 Å². The Labute approximate surface area is 111 Å². The number of nitrogens with one attached hydrogen (secondary N) is 1. The van der Waals surface area contributed by atoms with E-state index >= 15 is 0 Å². The Balaban J connectivity index is 1.71. The molecule has 19 heavy (non-hydrogen) atoms. The maximum Gasteiger partial charge on any atom is 0.404 e. The zero-order chi connectivity index (χ0) is 13.5. The molecule has 0 radical (unpaired) electrons. The molecule has 0 bridgehead atoms. The molecular weight excluding hydrogens is 246 g/mol. The highest BCUT2D eigenvalue weighted by molar-refractivity contribution is 5.78. The van der Waals surface area contributed by atoms with Gasteiger partial charge in [0.15, 0.2) is 0 Å². The molecule has 0 saturated heterocycles. The molecule has 1 fully saturated rings. The van der Waals surface area contributed by atoms with E-state index in [1.165, 1.54) is 0 Å². The van der Waals surface area contributed by atoms with Crippen molar-refractivity contribution in [2.45, 2.75) is 37.8 Å². The van der Waals surface area contributed by atoms with Crippen LogP contribution in [0.15, 0.2) is 29.7 Å². The molecule has 2 N–H and O–H groups in total. The van der Waals surface area contributed by atoms with Gasteiger partial charge in [-0.05, 0) is 31.7 Å². The lowest BCUT2D eigenvalue weighted by Gasteiger charge is -2.26. The lowest BCUT2D eigenvalue weighted by molar-refractivity contribution is 0.0278. The van der Waals surface area contributed by atoms with E-state index in [0.717, 1.165) is 31.2 Å². The van der Waals surface area contributed by atoms with Crippen molar-refractivity contribution in [2.75, 3.05) is 0 Å². The van der Waals surface area contributed by atoms with E-state index in [1.54, 1.807) is 18.6 Å². The van der Waals surface area contributed by atoms with Gasteiger partial charge in [-0.3, -0.25) is 4.98 Å². The van der Waals surface area contributed by atoms with Crippen molar-refractivity contribution in [3.63, 3.8) is 0 Å². The predicted molar refractivity (Wildman–Crippen MR) is 70.1 cm³/mol. The van der Waals surface area contributed by atoms with Crippen LogP contribution in [0.5, 0.6) is 0 Å². The summed E-state index contributed by atoms with van der Waals surface area (Å²) in [5, 5.41) is 15.1. The SMILES string of the molecule is O=C(O)N[C@H]1CC[C@H](ON=Cc2cccnc2)CC1. The molecule has 1 amide bonds. The molecule has 0 atom stereocenters. The van der Waals surface area contributed by atoms with Gasteiger partial charge in [-0.1, -0.05) is 11.2 Å². The molecule has 0 aromatic carbocycles. The van der Waals surface area contributed by atoms with Crippen molar-refractivity contribution in [2.24, 2.45) is 5.16 Å². The van der Waals surface area contributed by atoms with Crippen LogP contribution in [0.1, 0.15) is 31.2 Å². The average molecular weight is 263 g/mol. The van der Waals surface area contributed by atoms with Gasteiger partial charge in [0.2, 0.25) is 0 Å². The van der Waals surface area contributed by atoms with Gasteiger partial charge in [0.05, 0.1) is 6.21 Å². The molecule has 0 spiro atoms. The number of carboxylic acid groups (broad SMARTS) is 1. The summed E-state index contributed by atoms with van der Waals surface area (Å²) >= 11 is 0. The fourth-order valence-electron chi connectivity index (χ4n) is 2.12. The highest BCUT2D eigenvalue weighted by Crippen LogP contribution is 2.21. The molecule has 6 nitrogen and oxygen atoms in total. The summed E-state index contributed by atoms with van der Waals surface area (Å²) in [6.07, 6.45) is 7.37. The highest BCUT2D eigenvalue weighted by atomic mass is 16.6. The van der Waals surface area contributed by atoms with Gasteiger partial charge in [0.25, 0.3) is 0 Å². The van der Waals surface area contributed by atoms with E-state index < -0.39 is 6.09 Å². The van der Waals surface area contributed by atoms with Crippen molar-refractivity contribution >= 4 is 12.3 Å². The number of hydrogen-bond acceptors (Lipinski definition) is 4. The predicted octanol–water partition coefficient (Wildman–Crippen LogP) is 2.01. The summed E-state index contributed by atoms with van der Waals surface area (Å²) in [5.74, 6) is 0. The van der Waals surface area contributed by atoms with E-state index in [4.69, 9.17) is 9.94 Å². The lowest BCUT2D eigenvalue weighted by atomic mass is 9.93. The second kappa shape index (κ2) is 6.72. The Morgan fingerprint density at radius 1 is 1.47 bits per heavy atom. The Hall–Kier alpha value is -2.11. The van der Waals surface area contributed by atoms with Crippen LogP contribution < -0.4 is 5.32 Å². The monoisotopic (exact) mass is 263 g/mol. The van der Waals surface area contributed by atoms with Crippen LogP contribution in [-0.2, 0) is 4.84 Å².